The minimum atomic E-state index is -0.341. The Morgan fingerprint density at radius 3 is 2.38 bits per heavy atom. The molecule has 0 saturated heterocycles. The molecule has 37 heavy (non-hydrogen) atoms. The number of nitrogens with one attached hydrogen (secondary N) is 2. The van der Waals surface area contributed by atoms with Gasteiger partial charge in [-0.1, -0.05) is 30.3 Å². The fourth-order valence-electron chi connectivity index (χ4n) is 3.53. The number of nitrogens with zero attached hydrogens (tertiary/aromatic N) is 1. The molecule has 4 aromatic rings. The number of anilines is 2. The first-order valence-electron chi connectivity index (χ1n) is 11.5. The Bertz CT molecular complexity index is 1360. The molecule has 1 aromatic heterocycles. The van der Waals surface area contributed by atoms with Gasteiger partial charge in [-0.3, -0.25) is 9.59 Å². The van der Waals surface area contributed by atoms with Crippen LogP contribution in [0.2, 0.25) is 0 Å². The summed E-state index contributed by atoms with van der Waals surface area (Å²) in [5, 5.41) is 7.88. The lowest BCUT2D eigenvalue weighted by Crippen LogP contribution is -2.22. The summed E-state index contributed by atoms with van der Waals surface area (Å²) in [6.07, 6.45) is 0.318. The van der Waals surface area contributed by atoms with Gasteiger partial charge in [-0.15, -0.1) is 23.1 Å². The molecule has 1 atom stereocenters. The SMILES string of the molecule is COc1ccc(-c2csc(NC(=O)C(C)Sc3ccc(NC(=O)Cc4ccccc4)cc3)n2)cc1OC. The second kappa shape index (κ2) is 12.4. The first-order valence-corrected chi connectivity index (χ1v) is 13.3. The molecule has 0 aliphatic heterocycles. The van der Waals surface area contributed by atoms with E-state index in [0.717, 1.165) is 21.7 Å². The summed E-state index contributed by atoms with van der Waals surface area (Å²) in [5.74, 6) is 1.04. The molecule has 2 amide bonds. The smallest absolute Gasteiger partial charge is 0.239 e. The number of carbonyl (C=O) groups is 2. The zero-order valence-electron chi connectivity index (χ0n) is 20.7. The average Bonchev–Trinajstić information content (AvgIpc) is 3.38. The number of methoxy groups -OCH3 is 2. The summed E-state index contributed by atoms with van der Waals surface area (Å²) >= 11 is 2.80. The average molecular weight is 534 g/mol. The van der Waals surface area contributed by atoms with Crippen molar-refractivity contribution >= 4 is 45.7 Å². The molecule has 7 nitrogen and oxygen atoms in total. The number of amides is 2. The molecule has 0 aliphatic rings. The van der Waals surface area contributed by atoms with E-state index in [9.17, 15) is 9.59 Å². The second-order valence-corrected chi connectivity index (χ2v) is 10.4. The van der Waals surface area contributed by atoms with Crippen LogP contribution in [0.3, 0.4) is 0 Å². The van der Waals surface area contributed by atoms with E-state index in [0.29, 0.717) is 28.7 Å². The van der Waals surface area contributed by atoms with Crippen molar-refractivity contribution in [3.05, 3.63) is 83.7 Å². The highest BCUT2D eigenvalue weighted by Crippen LogP contribution is 2.34. The van der Waals surface area contributed by atoms with Crippen molar-refractivity contribution in [1.82, 2.24) is 4.98 Å². The summed E-state index contributed by atoms with van der Waals surface area (Å²) < 4.78 is 10.7. The highest BCUT2D eigenvalue weighted by atomic mass is 32.2. The van der Waals surface area contributed by atoms with E-state index in [1.54, 1.807) is 14.2 Å². The van der Waals surface area contributed by atoms with Crippen LogP contribution in [0.1, 0.15) is 12.5 Å². The van der Waals surface area contributed by atoms with E-state index in [4.69, 9.17) is 9.47 Å². The molecular weight excluding hydrogens is 506 g/mol. The van der Waals surface area contributed by atoms with Gasteiger partial charge >= 0.3 is 0 Å². The Kier molecular flexibility index (Phi) is 8.81. The maximum atomic E-state index is 12.8. The molecule has 1 heterocycles. The van der Waals surface area contributed by atoms with Gasteiger partial charge in [0.15, 0.2) is 16.6 Å². The molecule has 3 aromatic carbocycles. The largest absolute Gasteiger partial charge is 0.493 e. The maximum Gasteiger partial charge on any atom is 0.239 e. The van der Waals surface area contributed by atoms with Gasteiger partial charge in [-0.25, -0.2) is 4.98 Å². The fraction of sp³-hybridized carbons (Fsp3) is 0.179. The number of benzene rings is 3. The van der Waals surface area contributed by atoms with Gasteiger partial charge in [0.05, 0.1) is 31.6 Å². The summed E-state index contributed by atoms with van der Waals surface area (Å²) in [5.41, 5.74) is 3.29. The van der Waals surface area contributed by atoms with Gasteiger partial charge in [-0.05, 0) is 55.0 Å². The number of thioether (sulfide) groups is 1. The first-order chi connectivity index (χ1) is 17.9. The number of hydrogen-bond acceptors (Lipinski definition) is 7. The van der Waals surface area contributed by atoms with Crippen molar-refractivity contribution in [1.29, 1.82) is 0 Å². The molecule has 0 radical (unpaired) electrons. The van der Waals surface area contributed by atoms with Gasteiger partial charge in [0.2, 0.25) is 11.8 Å². The van der Waals surface area contributed by atoms with Gasteiger partial charge in [0.1, 0.15) is 0 Å². The summed E-state index contributed by atoms with van der Waals surface area (Å²) in [4.78, 5) is 30.5. The van der Waals surface area contributed by atoms with E-state index in [-0.39, 0.29) is 17.1 Å². The molecule has 0 spiro atoms. The van der Waals surface area contributed by atoms with Crippen molar-refractivity contribution in [2.24, 2.45) is 0 Å². The zero-order valence-corrected chi connectivity index (χ0v) is 22.3. The van der Waals surface area contributed by atoms with Gasteiger partial charge < -0.3 is 20.1 Å². The number of rotatable bonds is 10. The molecule has 4 rings (SSSR count). The zero-order chi connectivity index (χ0) is 26.2. The molecule has 0 aliphatic carbocycles. The van der Waals surface area contributed by atoms with E-state index in [1.807, 2.05) is 85.1 Å². The lowest BCUT2D eigenvalue weighted by atomic mass is 10.1. The van der Waals surface area contributed by atoms with Gasteiger partial charge in [0, 0.05) is 21.5 Å². The molecular formula is C28H27N3O4S2. The van der Waals surface area contributed by atoms with Crippen LogP contribution in [0.4, 0.5) is 10.8 Å². The van der Waals surface area contributed by atoms with Crippen molar-refractivity contribution in [3.8, 4) is 22.8 Å². The first kappa shape index (κ1) is 26.2. The topological polar surface area (TPSA) is 89.6 Å². The summed E-state index contributed by atoms with van der Waals surface area (Å²) in [6, 6.07) is 22.6. The lowest BCUT2D eigenvalue weighted by Gasteiger charge is -2.11. The molecule has 0 saturated carbocycles. The van der Waals surface area contributed by atoms with Crippen LogP contribution < -0.4 is 20.1 Å². The van der Waals surface area contributed by atoms with E-state index >= 15 is 0 Å². The predicted octanol–water partition coefficient (Wildman–Crippen LogP) is 6.13. The number of aromatic nitrogens is 1. The third-order valence-corrected chi connectivity index (χ3v) is 7.31. The molecule has 190 valence electrons. The highest BCUT2D eigenvalue weighted by Gasteiger charge is 2.17. The fourth-order valence-corrected chi connectivity index (χ4v) is 5.12. The van der Waals surface area contributed by atoms with Crippen LogP contribution in [-0.4, -0.2) is 36.3 Å². The minimum absolute atomic E-state index is 0.0738. The van der Waals surface area contributed by atoms with Crippen LogP contribution in [0.5, 0.6) is 11.5 Å². The van der Waals surface area contributed by atoms with E-state index in [2.05, 4.69) is 15.6 Å². The van der Waals surface area contributed by atoms with E-state index in [1.165, 1.54) is 23.1 Å². The van der Waals surface area contributed by atoms with Crippen molar-refractivity contribution < 1.29 is 19.1 Å². The molecule has 9 heteroatoms. The number of carbonyl (C=O) groups excluding carboxylic acids is 2. The van der Waals surface area contributed by atoms with Crippen LogP contribution in [0.25, 0.3) is 11.3 Å². The molecule has 1 unspecified atom stereocenters. The minimum Gasteiger partial charge on any atom is -0.493 e. The molecule has 0 fully saturated rings. The monoisotopic (exact) mass is 533 g/mol. The highest BCUT2D eigenvalue weighted by molar-refractivity contribution is 8.00. The Hall–Kier alpha value is -3.82. The Morgan fingerprint density at radius 2 is 1.68 bits per heavy atom. The summed E-state index contributed by atoms with van der Waals surface area (Å²) in [6.45, 7) is 1.85. The van der Waals surface area contributed by atoms with Crippen molar-refractivity contribution in [3.63, 3.8) is 0 Å². The quantitative estimate of drug-likeness (QED) is 0.239. The summed E-state index contributed by atoms with van der Waals surface area (Å²) in [7, 11) is 3.18. The van der Waals surface area contributed by atoms with Crippen LogP contribution in [0, 0.1) is 0 Å². The van der Waals surface area contributed by atoms with E-state index < -0.39 is 0 Å². The normalized spacial score (nSPS) is 11.4. The van der Waals surface area contributed by atoms with Crippen molar-refractivity contribution in [2.75, 3.05) is 24.9 Å². The Balaban J connectivity index is 1.30. The third-order valence-electron chi connectivity index (χ3n) is 5.44. The van der Waals surface area contributed by atoms with Crippen LogP contribution in [-0.2, 0) is 16.0 Å². The van der Waals surface area contributed by atoms with Crippen LogP contribution in [0.15, 0.2) is 83.1 Å². The number of ether oxygens (including phenoxy) is 2. The maximum absolute atomic E-state index is 12.8. The molecule has 2 N–H and O–H groups in total. The van der Waals surface area contributed by atoms with Gasteiger partial charge in [0.25, 0.3) is 0 Å². The molecule has 0 bridgehead atoms. The Labute approximate surface area is 224 Å². The number of hydrogen-bond donors (Lipinski definition) is 2. The van der Waals surface area contributed by atoms with Gasteiger partial charge in [-0.2, -0.15) is 0 Å². The van der Waals surface area contributed by atoms with Crippen LogP contribution >= 0.6 is 23.1 Å². The predicted molar refractivity (Wildman–Crippen MR) is 150 cm³/mol. The van der Waals surface area contributed by atoms with Crippen molar-refractivity contribution in [2.45, 2.75) is 23.5 Å². The third kappa shape index (κ3) is 7.12. The Morgan fingerprint density at radius 1 is 0.946 bits per heavy atom. The standard InChI is InChI=1S/C28H27N3O4S2/c1-18(37-22-12-10-21(11-13-22)29-26(32)15-19-7-5-4-6-8-19)27(33)31-28-30-23(17-36-28)20-9-14-24(34-2)25(16-20)35-3/h4-14,16-18H,15H2,1-3H3,(H,29,32)(H,30,31,33). The lowest BCUT2D eigenvalue weighted by molar-refractivity contribution is -0.116. The number of thiazole rings is 1. The second-order valence-electron chi connectivity index (χ2n) is 8.09.